The number of carboxylic acid groups (broad SMARTS) is 1. The van der Waals surface area contributed by atoms with Crippen LogP contribution in [0.25, 0.3) is 11.1 Å². The minimum Gasteiger partial charge on any atom is -0.507 e. The van der Waals surface area contributed by atoms with Crippen molar-refractivity contribution in [3.05, 3.63) is 53.6 Å². The number of aromatic carboxylic acids is 1. The monoisotopic (exact) mass is 242 g/mol. The maximum Gasteiger partial charge on any atom is 0.335 e. The van der Waals surface area contributed by atoms with Gasteiger partial charge in [-0.25, -0.2) is 4.79 Å². The van der Waals surface area contributed by atoms with Crippen LogP contribution in [0.3, 0.4) is 0 Å². The van der Waals surface area contributed by atoms with Crippen LogP contribution >= 0.6 is 0 Å². The third-order valence-corrected chi connectivity index (χ3v) is 2.61. The lowest BCUT2D eigenvalue weighted by atomic mass is 10.00. The number of carboxylic acids is 1. The average molecular weight is 242 g/mol. The quantitative estimate of drug-likeness (QED) is 0.811. The Labute approximate surface area is 103 Å². The molecule has 0 atom stereocenters. The van der Waals surface area contributed by atoms with E-state index in [0.717, 1.165) is 0 Å². The molecule has 0 aliphatic rings. The Morgan fingerprint density at radius 2 is 1.83 bits per heavy atom. The molecule has 0 amide bonds. The van der Waals surface area contributed by atoms with Crippen LogP contribution in [-0.2, 0) is 0 Å². The molecule has 0 saturated heterocycles. The number of benzene rings is 2. The Morgan fingerprint density at radius 3 is 2.50 bits per heavy atom. The molecule has 18 heavy (non-hydrogen) atoms. The number of aldehydes is 1. The summed E-state index contributed by atoms with van der Waals surface area (Å²) in [5.74, 6) is -1.18. The fraction of sp³-hybridized carbons (Fsp3) is 0. The molecule has 0 fully saturated rings. The van der Waals surface area contributed by atoms with Gasteiger partial charge in [0.25, 0.3) is 0 Å². The standard InChI is InChI=1S/C14H10O4/c15-8-11-5-2-6-12(13(11)16)9-3-1-4-10(7-9)14(17)18/h1-8,16H,(H,17,18). The fourth-order valence-corrected chi connectivity index (χ4v) is 1.71. The van der Waals surface area contributed by atoms with Gasteiger partial charge in [0.05, 0.1) is 11.1 Å². The van der Waals surface area contributed by atoms with Crippen molar-refractivity contribution < 1.29 is 19.8 Å². The van der Waals surface area contributed by atoms with E-state index in [2.05, 4.69) is 0 Å². The van der Waals surface area contributed by atoms with E-state index in [-0.39, 0.29) is 16.9 Å². The zero-order valence-corrected chi connectivity index (χ0v) is 9.33. The Bertz CT molecular complexity index is 617. The van der Waals surface area contributed by atoms with Crippen LogP contribution in [0.15, 0.2) is 42.5 Å². The number of phenols is 1. The van der Waals surface area contributed by atoms with Crippen LogP contribution < -0.4 is 0 Å². The summed E-state index contributed by atoms with van der Waals surface area (Å²) in [5, 5.41) is 18.8. The third-order valence-electron chi connectivity index (χ3n) is 2.61. The summed E-state index contributed by atoms with van der Waals surface area (Å²) in [5.41, 5.74) is 1.29. The maximum atomic E-state index is 10.9. The molecule has 0 aromatic heterocycles. The Kier molecular flexibility index (Phi) is 3.10. The Balaban J connectivity index is 2.58. The highest BCUT2D eigenvalue weighted by atomic mass is 16.4. The Hall–Kier alpha value is -2.62. The van der Waals surface area contributed by atoms with E-state index in [0.29, 0.717) is 17.4 Å². The van der Waals surface area contributed by atoms with Crippen molar-refractivity contribution in [2.24, 2.45) is 0 Å². The zero-order valence-electron chi connectivity index (χ0n) is 9.33. The van der Waals surface area contributed by atoms with Crippen LogP contribution in [-0.4, -0.2) is 22.5 Å². The number of hydrogen-bond donors (Lipinski definition) is 2. The summed E-state index contributed by atoms with van der Waals surface area (Å²) in [6.45, 7) is 0. The van der Waals surface area contributed by atoms with E-state index in [9.17, 15) is 14.7 Å². The summed E-state index contributed by atoms with van der Waals surface area (Å²) < 4.78 is 0. The second-order valence-electron chi connectivity index (χ2n) is 3.75. The van der Waals surface area contributed by atoms with E-state index in [1.54, 1.807) is 24.3 Å². The van der Waals surface area contributed by atoms with Gasteiger partial charge in [-0.1, -0.05) is 24.3 Å². The molecule has 0 spiro atoms. The first-order valence-corrected chi connectivity index (χ1v) is 5.24. The van der Waals surface area contributed by atoms with E-state index in [1.807, 2.05) is 0 Å². The van der Waals surface area contributed by atoms with Crippen LogP contribution in [0.1, 0.15) is 20.7 Å². The third kappa shape index (κ3) is 2.08. The number of para-hydroxylation sites is 1. The minimum atomic E-state index is -1.04. The van der Waals surface area contributed by atoms with Gasteiger partial charge < -0.3 is 10.2 Å². The molecule has 0 heterocycles. The minimum absolute atomic E-state index is 0.128. The molecule has 2 N–H and O–H groups in total. The van der Waals surface area contributed by atoms with E-state index in [1.165, 1.54) is 18.2 Å². The number of rotatable bonds is 3. The van der Waals surface area contributed by atoms with Gasteiger partial charge in [-0.05, 0) is 23.8 Å². The predicted octanol–water partition coefficient (Wildman–Crippen LogP) is 2.57. The van der Waals surface area contributed by atoms with Gasteiger partial charge in [-0.2, -0.15) is 0 Å². The van der Waals surface area contributed by atoms with Crippen LogP contribution in [0.4, 0.5) is 0 Å². The normalized spacial score (nSPS) is 10.0. The van der Waals surface area contributed by atoms with Crippen LogP contribution in [0.5, 0.6) is 5.75 Å². The lowest BCUT2D eigenvalue weighted by molar-refractivity contribution is 0.0696. The molecule has 2 rings (SSSR count). The highest BCUT2D eigenvalue weighted by molar-refractivity contribution is 5.91. The molecule has 0 unspecified atom stereocenters. The first-order chi connectivity index (χ1) is 8.63. The SMILES string of the molecule is O=Cc1cccc(-c2cccc(C(=O)O)c2)c1O. The van der Waals surface area contributed by atoms with Crippen molar-refractivity contribution in [2.75, 3.05) is 0 Å². The van der Waals surface area contributed by atoms with Crippen LogP contribution in [0, 0.1) is 0 Å². The molecular weight excluding hydrogens is 232 g/mol. The lowest BCUT2D eigenvalue weighted by Gasteiger charge is -2.07. The van der Waals surface area contributed by atoms with Gasteiger partial charge >= 0.3 is 5.97 Å². The van der Waals surface area contributed by atoms with Crippen molar-refractivity contribution in [3.8, 4) is 16.9 Å². The molecule has 0 radical (unpaired) electrons. The topological polar surface area (TPSA) is 74.6 Å². The second-order valence-corrected chi connectivity index (χ2v) is 3.75. The Morgan fingerprint density at radius 1 is 1.11 bits per heavy atom. The summed E-state index contributed by atoms with van der Waals surface area (Å²) >= 11 is 0. The molecule has 4 nitrogen and oxygen atoms in total. The second kappa shape index (κ2) is 4.71. The van der Waals surface area contributed by atoms with Crippen molar-refractivity contribution >= 4 is 12.3 Å². The molecule has 0 aliphatic heterocycles. The number of phenolic OH excluding ortho intramolecular Hbond substituents is 1. The summed E-state index contributed by atoms with van der Waals surface area (Å²) in [6.07, 6.45) is 0.555. The van der Waals surface area contributed by atoms with Gasteiger partial charge in [-0.3, -0.25) is 4.79 Å². The van der Waals surface area contributed by atoms with Crippen molar-refractivity contribution in [2.45, 2.75) is 0 Å². The molecule has 0 saturated carbocycles. The van der Waals surface area contributed by atoms with Gasteiger partial charge in [0.2, 0.25) is 0 Å². The maximum absolute atomic E-state index is 10.9. The average Bonchev–Trinajstić information content (AvgIpc) is 2.39. The number of hydrogen-bond acceptors (Lipinski definition) is 3. The molecular formula is C14H10O4. The first-order valence-electron chi connectivity index (χ1n) is 5.24. The van der Waals surface area contributed by atoms with Gasteiger partial charge in [0.15, 0.2) is 6.29 Å². The first kappa shape index (κ1) is 11.9. The van der Waals surface area contributed by atoms with Gasteiger partial charge in [0.1, 0.15) is 5.75 Å². The lowest BCUT2D eigenvalue weighted by Crippen LogP contribution is -1.96. The highest BCUT2D eigenvalue weighted by Crippen LogP contribution is 2.31. The smallest absolute Gasteiger partial charge is 0.335 e. The van der Waals surface area contributed by atoms with Crippen molar-refractivity contribution in [1.82, 2.24) is 0 Å². The predicted molar refractivity (Wildman–Crippen MR) is 65.9 cm³/mol. The molecule has 0 bridgehead atoms. The molecule has 4 heteroatoms. The fourth-order valence-electron chi connectivity index (χ4n) is 1.71. The number of carbonyl (C=O) groups is 2. The van der Waals surface area contributed by atoms with E-state index >= 15 is 0 Å². The van der Waals surface area contributed by atoms with Crippen molar-refractivity contribution in [1.29, 1.82) is 0 Å². The van der Waals surface area contributed by atoms with E-state index in [4.69, 9.17) is 5.11 Å². The van der Waals surface area contributed by atoms with Crippen molar-refractivity contribution in [3.63, 3.8) is 0 Å². The highest BCUT2D eigenvalue weighted by Gasteiger charge is 2.10. The summed E-state index contributed by atoms with van der Waals surface area (Å²) in [7, 11) is 0. The molecule has 2 aromatic carbocycles. The number of carbonyl (C=O) groups excluding carboxylic acids is 1. The summed E-state index contributed by atoms with van der Waals surface area (Å²) in [4.78, 5) is 21.6. The largest absolute Gasteiger partial charge is 0.507 e. The van der Waals surface area contributed by atoms with Gasteiger partial charge in [-0.15, -0.1) is 0 Å². The zero-order chi connectivity index (χ0) is 13.1. The summed E-state index contributed by atoms with van der Waals surface area (Å²) in [6, 6.07) is 10.9. The van der Waals surface area contributed by atoms with Gasteiger partial charge in [0, 0.05) is 5.56 Å². The molecule has 0 aliphatic carbocycles. The molecule has 90 valence electrons. The van der Waals surface area contributed by atoms with E-state index < -0.39 is 5.97 Å². The number of aromatic hydroxyl groups is 1. The molecule has 2 aromatic rings. The van der Waals surface area contributed by atoms with Crippen LogP contribution in [0.2, 0.25) is 0 Å².